The highest BCUT2D eigenvalue weighted by Gasteiger charge is 2.32. The number of carbonyl (C=O) groups excluding carboxylic acids is 3. The zero-order valence-corrected chi connectivity index (χ0v) is 28.5. The molecule has 0 bridgehead atoms. The second-order valence-corrected chi connectivity index (χ2v) is 14.0. The van der Waals surface area contributed by atoms with Gasteiger partial charge in [-0.1, -0.05) is 30.3 Å². The third kappa shape index (κ3) is 6.74. The van der Waals surface area contributed by atoms with Crippen molar-refractivity contribution in [3.63, 3.8) is 0 Å². The van der Waals surface area contributed by atoms with E-state index in [0.717, 1.165) is 33.1 Å². The SMILES string of the molecule is CC(C)(C)OC(=O)C(N)C(=O)OC1CCC(Nc2cc(-n3c4ccccc4c4c(-c5nc6ccc(F)cc6[nH]5)cccc43)ccc2C(N)=O)CC1. The first-order valence-electron chi connectivity index (χ1n) is 16.9. The molecule has 1 saturated carbocycles. The number of amides is 1. The highest BCUT2D eigenvalue weighted by molar-refractivity contribution is 6.15. The molecule has 12 heteroatoms. The highest BCUT2D eigenvalue weighted by Crippen LogP contribution is 2.39. The monoisotopic (exact) mass is 690 g/mol. The molecule has 0 spiro atoms. The molecule has 262 valence electrons. The molecule has 2 aromatic heterocycles. The maximum atomic E-state index is 14.0. The van der Waals surface area contributed by atoms with Crippen LogP contribution in [-0.4, -0.2) is 56.2 Å². The van der Waals surface area contributed by atoms with Crippen LogP contribution in [0, 0.1) is 5.82 Å². The van der Waals surface area contributed by atoms with E-state index in [1.54, 1.807) is 32.9 Å². The number of aromatic amines is 1. The molecule has 0 radical (unpaired) electrons. The van der Waals surface area contributed by atoms with Crippen molar-refractivity contribution in [3.8, 4) is 17.1 Å². The number of nitrogens with one attached hydrogen (secondary N) is 2. The van der Waals surface area contributed by atoms with Crippen LogP contribution in [0.25, 0.3) is 49.9 Å². The zero-order valence-electron chi connectivity index (χ0n) is 28.5. The summed E-state index contributed by atoms with van der Waals surface area (Å²) in [6.07, 6.45) is 1.97. The number of carbonyl (C=O) groups is 3. The average molecular weight is 691 g/mol. The Morgan fingerprint density at radius 1 is 0.941 bits per heavy atom. The smallest absolute Gasteiger partial charge is 0.335 e. The highest BCUT2D eigenvalue weighted by atomic mass is 19.1. The fourth-order valence-electron chi connectivity index (χ4n) is 6.85. The second-order valence-electron chi connectivity index (χ2n) is 14.0. The number of ether oxygens (including phenoxy) is 2. The molecule has 1 atom stereocenters. The first kappa shape index (κ1) is 33.7. The Balaban J connectivity index is 1.16. The van der Waals surface area contributed by atoms with Crippen molar-refractivity contribution < 1.29 is 28.2 Å². The molecule has 1 aliphatic carbocycles. The van der Waals surface area contributed by atoms with Crippen molar-refractivity contribution in [2.45, 2.75) is 70.2 Å². The molecule has 1 aliphatic rings. The number of fused-ring (bicyclic) bond motifs is 4. The van der Waals surface area contributed by atoms with Crippen LogP contribution in [-0.2, 0) is 19.1 Å². The largest absolute Gasteiger partial charge is 0.461 e. The predicted molar refractivity (Wildman–Crippen MR) is 194 cm³/mol. The van der Waals surface area contributed by atoms with Gasteiger partial charge in [0.1, 0.15) is 23.3 Å². The third-order valence-electron chi connectivity index (χ3n) is 9.15. The lowest BCUT2D eigenvalue weighted by Crippen LogP contribution is -2.45. The van der Waals surface area contributed by atoms with Crippen LogP contribution in [0.1, 0.15) is 56.8 Å². The number of hydrogen-bond donors (Lipinski definition) is 4. The van der Waals surface area contributed by atoms with Crippen LogP contribution < -0.4 is 16.8 Å². The molecule has 4 aromatic carbocycles. The van der Waals surface area contributed by atoms with E-state index in [1.165, 1.54) is 12.1 Å². The minimum Gasteiger partial charge on any atom is -0.461 e. The Morgan fingerprint density at radius 3 is 2.43 bits per heavy atom. The minimum atomic E-state index is -1.51. The molecule has 6 N–H and O–H groups in total. The number of primary amides is 1. The normalized spacial score (nSPS) is 17.0. The third-order valence-corrected chi connectivity index (χ3v) is 9.15. The van der Waals surface area contributed by atoms with Gasteiger partial charge in [0.25, 0.3) is 5.91 Å². The summed E-state index contributed by atoms with van der Waals surface area (Å²) in [5.74, 6) is -1.91. The Bertz CT molecular complexity index is 2310. The summed E-state index contributed by atoms with van der Waals surface area (Å²) in [6, 6.07) is 22.5. The quantitative estimate of drug-likeness (QED) is 0.104. The van der Waals surface area contributed by atoms with Crippen LogP contribution in [0.3, 0.4) is 0 Å². The second kappa shape index (κ2) is 13.2. The number of imidazole rings is 1. The lowest BCUT2D eigenvalue weighted by molar-refractivity contribution is -0.166. The summed E-state index contributed by atoms with van der Waals surface area (Å²) >= 11 is 0. The van der Waals surface area contributed by atoms with Gasteiger partial charge in [-0.25, -0.2) is 19.0 Å². The van der Waals surface area contributed by atoms with Crippen LogP contribution in [0.15, 0.2) is 78.9 Å². The minimum absolute atomic E-state index is 0.0319. The first-order chi connectivity index (χ1) is 24.4. The van der Waals surface area contributed by atoms with E-state index in [9.17, 15) is 18.8 Å². The Labute approximate surface area is 293 Å². The Kier molecular flexibility index (Phi) is 8.72. The van der Waals surface area contributed by atoms with E-state index in [2.05, 4.69) is 20.9 Å². The number of rotatable bonds is 8. The summed E-state index contributed by atoms with van der Waals surface area (Å²) in [5, 5.41) is 5.50. The maximum Gasteiger partial charge on any atom is 0.335 e. The van der Waals surface area contributed by atoms with Crippen molar-refractivity contribution in [3.05, 3.63) is 90.2 Å². The summed E-state index contributed by atoms with van der Waals surface area (Å²) < 4.78 is 26.9. The van der Waals surface area contributed by atoms with Gasteiger partial charge >= 0.3 is 11.9 Å². The van der Waals surface area contributed by atoms with Gasteiger partial charge in [-0.05, 0) is 95.0 Å². The van der Waals surface area contributed by atoms with Gasteiger partial charge in [0.05, 0.1) is 27.6 Å². The molecule has 0 saturated heterocycles. The molecule has 1 fully saturated rings. The molecule has 6 aromatic rings. The van der Waals surface area contributed by atoms with Crippen molar-refractivity contribution >= 4 is 56.4 Å². The van der Waals surface area contributed by atoms with Gasteiger partial charge in [0.15, 0.2) is 0 Å². The Morgan fingerprint density at radius 2 is 1.69 bits per heavy atom. The Hall–Kier alpha value is -5.75. The summed E-state index contributed by atoms with van der Waals surface area (Å²) in [4.78, 5) is 45.5. The number of halogens is 1. The van der Waals surface area contributed by atoms with Crippen LogP contribution in [0.5, 0.6) is 0 Å². The lowest BCUT2D eigenvalue weighted by atomic mass is 9.92. The fraction of sp³-hybridized carbons (Fsp3) is 0.282. The first-order valence-corrected chi connectivity index (χ1v) is 16.9. The topological polar surface area (TPSA) is 167 Å². The lowest BCUT2D eigenvalue weighted by Gasteiger charge is -2.30. The van der Waals surface area contributed by atoms with Crippen LogP contribution in [0.4, 0.5) is 10.1 Å². The van der Waals surface area contributed by atoms with Crippen LogP contribution >= 0.6 is 0 Å². The van der Waals surface area contributed by atoms with Crippen molar-refractivity contribution in [2.24, 2.45) is 11.5 Å². The number of esters is 2. The molecule has 1 unspecified atom stereocenters. The summed E-state index contributed by atoms with van der Waals surface area (Å²) in [5.41, 5.74) is 16.7. The molecule has 51 heavy (non-hydrogen) atoms. The van der Waals surface area contributed by atoms with E-state index in [1.807, 2.05) is 48.5 Å². The van der Waals surface area contributed by atoms with Crippen LogP contribution in [0.2, 0.25) is 0 Å². The van der Waals surface area contributed by atoms with E-state index >= 15 is 0 Å². The number of nitrogens with zero attached hydrogens (tertiary/aromatic N) is 2. The molecular weight excluding hydrogens is 651 g/mol. The van der Waals surface area contributed by atoms with Gasteiger partial charge in [-0.2, -0.15) is 0 Å². The molecule has 0 aliphatic heterocycles. The van der Waals surface area contributed by atoms with E-state index < -0.39 is 35.6 Å². The zero-order chi connectivity index (χ0) is 36.0. The molecule has 1 amide bonds. The van der Waals surface area contributed by atoms with Gasteiger partial charge < -0.3 is 35.8 Å². The van der Waals surface area contributed by atoms with E-state index in [-0.39, 0.29) is 11.9 Å². The standard InChI is InChI=1S/C39H39FN6O5/c1-39(2,3)51-38(49)34(41)37(48)50-24-15-12-22(13-16-24)43-29-20-23(14-17-25(29)35(42)47)46-31-9-5-4-7-26(31)33-27(8-6-10-32(33)46)36-44-28-18-11-21(40)19-30(28)45-36/h4-11,14,17-20,22,24,34,43H,12-13,15-16,41H2,1-3H3,(H2,42,47)(H,44,45). The van der Waals surface area contributed by atoms with Crippen molar-refractivity contribution in [1.82, 2.24) is 14.5 Å². The maximum absolute atomic E-state index is 14.0. The molecule has 2 heterocycles. The molecular formula is C39H39FN6O5. The predicted octanol–water partition coefficient (Wildman–Crippen LogP) is 6.50. The summed E-state index contributed by atoms with van der Waals surface area (Å²) in [6.45, 7) is 5.10. The van der Waals surface area contributed by atoms with Gasteiger partial charge in [0, 0.05) is 33.8 Å². The molecule has 11 nitrogen and oxygen atoms in total. The fourth-order valence-corrected chi connectivity index (χ4v) is 6.85. The molecule has 7 rings (SSSR count). The number of aromatic nitrogens is 3. The summed E-state index contributed by atoms with van der Waals surface area (Å²) in [7, 11) is 0. The van der Waals surface area contributed by atoms with E-state index in [4.69, 9.17) is 25.9 Å². The average Bonchev–Trinajstić information content (AvgIpc) is 3.67. The van der Waals surface area contributed by atoms with Gasteiger partial charge in [-0.3, -0.25) is 4.79 Å². The number of anilines is 1. The number of para-hydroxylation sites is 1. The van der Waals surface area contributed by atoms with Gasteiger partial charge in [0.2, 0.25) is 6.04 Å². The van der Waals surface area contributed by atoms with Crippen molar-refractivity contribution in [1.29, 1.82) is 0 Å². The number of hydrogen-bond acceptors (Lipinski definition) is 8. The number of H-pyrrole nitrogens is 1. The van der Waals surface area contributed by atoms with Gasteiger partial charge in [-0.15, -0.1) is 0 Å². The number of nitrogens with two attached hydrogens (primary N) is 2. The van der Waals surface area contributed by atoms with Crippen molar-refractivity contribution in [2.75, 3.05) is 5.32 Å². The van der Waals surface area contributed by atoms with E-state index in [0.29, 0.717) is 53.8 Å². The number of benzene rings is 4.